The zero-order valence-electron chi connectivity index (χ0n) is 13.8. The zero-order valence-corrected chi connectivity index (χ0v) is 14.6. The van der Waals surface area contributed by atoms with Crippen LogP contribution < -0.4 is 5.84 Å². The topological polar surface area (TPSA) is 77.0 Å². The molecule has 0 aliphatic heterocycles. The van der Waals surface area contributed by atoms with E-state index in [1.165, 1.54) is 22.0 Å². The number of benzene rings is 1. The first-order valence-electron chi connectivity index (χ1n) is 7.24. The average Bonchev–Trinajstić information content (AvgIpc) is 2.76. The molecule has 2 rings (SSSR count). The number of thioether (sulfide) groups is 1. The van der Waals surface area contributed by atoms with Gasteiger partial charge in [0.1, 0.15) is 0 Å². The Labute approximate surface area is 135 Å². The van der Waals surface area contributed by atoms with Crippen LogP contribution in [0.2, 0.25) is 0 Å². The maximum Gasteiger partial charge on any atom is 0.210 e. The summed E-state index contributed by atoms with van der Waals surface area (Å²) in [5.41, 5.74) is 1.53. The highest BCUT2D eigenvalue weighted by atomic mass is 32.2. The van der Waals surface area contributed by atoms with Gasteiger partial charge in [-0.15, -0.1) is 10.2 Å². The molecule has 5 nitrogen and oxygen atoms in total. The molecule has 0 saturated heterocycles. The van der Waals surface area contributed by atoms with Gasteiger partial charge in [-0.1, -0.05) is 56.8 Å². The van der Waals surface area contributed by atoms with E-state index in [9.17, 15) is 5.11 Å². The van der Waals surface area contributed by atoms with E-state index in [4.69, 9.17) is 5.84 Å². The van der Waals surface area contributed by atoms with Crippen LogP contribution in [0, 0.1) is 0 Å². The Kier molecular flexibility index (Phi) is 4.54. The zero-order chi connectivity index (χ0) is 16.5. The summed E-state index contributed by atoms with van der Waals surface area (Å²) in [7, 11) is 0. The molecule has 0 aliphatic rings. The number of nitrogens with two attached hydrogens (primary N) is 1. The molecule has 120 valence electrons. The maximum atomic E-state index is 9.78. The van der Waals surface area contributed by atoms with Crippen LogP contribution in [0.1, 0.15) is 40.2 Å². The minimum atomic E-state index is -0.773. The van der Waals surface area contributed by atoms with Crippen molar-refractivity contribution in [3.05, 3.63) is 29.8 Å². The van der Waals surface area contributed by atoms with E-state index >= 15 is 0 Å². The first-order valence-corrected chi connectivity index (χ1v) is 8.23. The molecule has 3 N–H and O–H groups in total. The van der Waals surface area contributed by atoms with Crippen molar-refractivity contribution in [2.75, 3.05) is 11.6 Å². The van der Waals surface area contributed by atoms with Crippen LogP contribution in [0.5, 0.6) is 0 Å². The van der Waals surface area contributed by atoms with E-state index in [0.717, 1.165) is 5.56 Å². The second-order valence-electron chi connectivity index (χ2n) is 7.10. The summed E-state index contributed by atoms with van der Waals surface area (Å²) in [6.07, 6.45) is 0. The molecule has 2 aromatic rings. The predicted molar refractivity (Wildman–Crippen MR) is 91.3 cm³/mol. The Balaban J connectivity index is 2.22. The fourth-order valence-electron chi connectivity index (χ4n) is 1.93. The molecule has 0 aliphatic carbocycles. The van der Waals surface area contributed by atoms with E-state index in [2.05, 4.69) is 43.1 Å². The number of aromatic nitrogens is 3. The number of nitrogen functional groups attached to an aromatic ring is 1. The minimum absolute atomic E-state index is 0.114. The second kappa shape index (κ2) is 5.93. The van der Waals surface area contributed by atoms with Gasteiger partial charge in [0, 0.05) is 11.3 Å². The van der Waals surface area contributed by atoms with Crippen LogP contribution in [0.4, 0.5) is 0 Å². The van der Waals surface area contributed by atoms with Gasteiger partial charge in [0.2, 0.25) is 5.16 Å². The summed E-state index contributed by atoms with van der Waals surface area (Å²) in [6, 6.07) is 8.21. The molecule has 0 amide bonds. The van der Waals surface area contributed by atoms with Crippen molar-refractivity contribution in [1.82, 2.24) is 14.9 Å². The number of nitrogens with zero attached hydrogens (tertiary/aromatic N) is 3. The highest BCUT2D eigenvalue weighted by Gasteiger charge is 2.18. The molecule has 1 aromatic heterocycles. The number of aliphatic hydroxyl groups is 1. The molecule has 0 radical (unpaired) electrons. The van der Waals surface area contributed by atoms with E-state index in [-0.39, 0.29) is 5.41 Å². The van der Waals surface area contributed by atoms with Crippen LogP contribution in [0.25, 0.3) is 11.4 Å². The molecule has 0 unspecified atom stereocenters. The summed E-state index contributed by atoms with van der Waals surface area (Å²) in [4.78, 5) is 0. The van der Waals surface area contributed by atoms with Gasteiger partial charge in [0.15, 0.2) is 5.82 Å². The Morgan fingerprint density at radius 2 is 1.68 bits per heavy atom. The quantitative estimate of drug-likeness (QED) is 0.669. The number of hydrogen-bond acceptors (Lipinski definition) is 5. The first kappa shape index (κ1) is 16.8. The molecule has 0 fully saturated rings. The smallest absolute Gasteiger partial charge is 0.210 e. The van der Waals surface area contributed by atoms with Gasteiger partial charge in [-0.3, -0.25) is 0 Å². The fraction of sp³-hybridized carbons (Fsp3) is 0.500. The summed E-state index contributed by atoms with van der Waals surface area (Å²) in [5.74, 6) is 7.21. The van der Waals surface area contributed by atoms with Crippen LogP contribution in [-0.2, 0) is 5.41 Å². The highest BCUT2D eigenvalue weighted by Crippen LogP contribution is 2.27. The van der Waals surface area contributed by atoms with Crippen molar-refractivity contribution in [2.45, 2.75) is 50.8 Å². The molecular formula is C16H24N4OS. The fourth-order valence-corrected chi connectivity index (χ4v) is 2.74. The van der Waals surface area contributed by atoms with Crippen molar-refractivity contribution < 1.29 is 5.11 Å². The standard InChI is InChI=1S/C16H24N4OS/c1-15(2,3)12-8-6-11(7-9-12)13-18-19-14(20(13)17)22-10-16(4,5)21/h6-9,21H,10,17H2,1-5H3. The van der Waals surface area contributed by atoms with Crippen molar-refractivity contribution in [3.8, 4) is 11.4 Å². The van der Waals surface area contributed by atoms with E-state index in [0.29, 0.717) is 16.7 Å². The van der Waals surface area contributed by atoms with Gasteiger partial charge >= 0.3 is 0 Å². The lowest BCUT2D eigenvalue weighted by Gasteiger charge is -2.19. The van der Waals surface area contributed by atoms with Crippen LogP contribution >= 0.6 is 11.8 Å². The summed E-state index contributed by atoms with van der Waals surface area (Å²) >= 11 is 1.39. The Bertz CT molecular complexity index is 636. The number of hydrogen-bond donors (Lipinski definition) is 2. The summed E-state index contributed by atoms with van der Waals surface area (Å²) in [6.45, 7) is 10.0. The summed E-state index contributed by atoms with van der Waals surface area (Å²) < 4.78 is 1.47. The van der Waals surface area contributed by atoms with Gasteiger partial charge in [0.25, 0.3) is 0 Å². The van der Waals surface area contributed by atoms with Gasteiger partial charge < -0.3 is 10.9 Å². The van der Waals surface area contributed by atoms with Gasteiger partial charge in [-0.25, -0.2) is 4.68 Å². The second-order valence-corrected chi connectivity index (χ2v) is 8.05. The van der Waals surface area contributed by atoms with Gasteiger partial charge in [0.05, 0.1) is 5.60 Å². The normalized spacial score (nSPS) is 12.6. The van der Waals surface area contributed by atoms with Gasteiger partial charge in [-0.2, -0.15) is 0 Å². The van der Waals surface area contributed by atoms with Crippen molar-refractivity contribution in [3.63, 3.8) is 0 Å². The summed E-state index contributed by atoms with van der Waals surface area (Å²) in [5, 5.41) is 18.6. The third kappa shape index (κ3) is 4.01. The molecule has 6 heteroatoms. The molecule has 1 aromatic carbocycles. The molecule has 0 saturated carbocycles. The Morgan fingerprint density at radius 3 is 2.18 bits per heavy atom. The lowest BCUT2D eigenvalue weighted by Crippen LogP contribution is -2.22. The van der Waals surface area contributed by atoms with Gasteiger partial charge in [-0.05, 0) is 24.8 Å². The van der Waals surface area contributed by atoms with E-state index in [1.807, 2.05) is 12.1 Å². The van der Waals surface area contributed by atoms with Crippen LogP contribution in [0.3, 0.4) is 0 Å². The van der Waals surface area contributed by atoms with E-state index in [1.54, 1.807) is 13.8 Å². The number of rotatable bonds is 4. The molecular weight excluding hydrogens is 296 g/mol. The van der Waals surface area contributed by atoms with E-state index < -0.39 is 5.60 Å². The largest absolute Gasteiger partial charge is 0.390 e. The first-order chi connectivity index (χ1) is 10.1. The predicted octanol–water partition coefficient (Wildman–Crippen LogP) is 2.82. The molecule has 0 atom stereocenters. The average molecular weight is 320 g/mol. The third-order valence-corrected chi connectivity index (χ3v) is 4.62. The van der Waals surface area contributed by atoms with Crippen molar-refractivity contribution in [1.29, 1.82) is 0 Å². The SMILES string of the molecule is CC(C)(O)CSc1nnc(-c2ccc(C(C)(C)C)cc2)n1N. The Hall–Kier alpha value is -1.53. The monoisotopic (exact) mass is 320 g/mol. The Morgan fingerprint density at radius 1 is 1.09 bits per heavy atom. The lowest BCUT2D eigenvalue weighted by molar-refractivity contribution is 0.107. The molecule has 0 spiro atoms. The van der Waals surface area contributed by atoms with Crippen LogP contribution in [-0.4, -0.2) is 31.3 Å². The molecule has 0 bridgehead atoms. The lowest BCUT2D eigenvalue weighted by atomic mass is 9.87. The van der Waals surface area contributed by atoms with Crippen molar-refractivity contribution >= 4 is 11.8 Å². The molecule has 1 heterocycles. The molecule has 22 heavy (non-hydrogen) atoms. The highest BCUT2D eigenvalue weighted by molar-refractivity contribution is 7.99. The third-order valence-electron chi connectivity index (χ3n) is 3.23. The van der Waals surface area contributed by atoms with Crippen molar-refractivity contribution in [2.24, 2.45) is 0 Å². The van der Waals surface area contributed by atoms with Crippen LogP contribution in [0.15, 0.2) is 29.4 Å². The maximum absolute atomic E-state index is 9.78. The minimum Gasteiger partial charge on any atom is -0.390 e.